The van der Waals surface area contributed by atoms with E-state index >= 15 is 0 Å². The van der Waals surface area contributed by atoms with Gasteiger partial charge in [-0.3, -0.25) is 4.57 Å². The second-order valence-corrected chi connectivity index (χ2v) is 4.72. The summed E-state index contributed by atoms with van der Waals surface area (Å²) >= 11 is 0. The van der Waals surface area contributed by atoms with Crippen molar-refractivity contribution in [1.82, 2.24) is 19.5 Å². The zero-order valence-electron chi connectivity index (χ0n) is 11.2. The van der Waals surface area contributed by atoms with Crippen LogP contribution in [0.25, 0.3) is 11.2 Å². The summed E-state index contributed by atoms with van der Waals surface area (Å²) in [6.07, 6.45) is -0.388. The first-order chi connectivity index (χ1) is 10.0. The molecule has 3 rings (SSSR count). The maximum absolute atomic E-state index is 10.1. The largest absolute Gasteiger partial charge is 0.510 e. The number of ether oxygens (including phenoxy) is 1. The van der Waals surface area contributed by atoms with Gasteiger partial charge in [-0.1, -0.05) is 0 Å². The number of hydrogen-bond acceptors (Lipinski definition) is 8. The van der Waals surface area contributed by atoms with Crippen LogP contribution in [0.5, 0.6) is 0 Å². The van der Waals surface area contributed by atoms with Gasteiger partial charge in [0.05, 0.1) is 6.33 Å². The molecule has 2 aromatic rings. The molecule has 0 amide bonds. The molecule has 1 aliphatic heterocycles. The highest BCUT2D eigenvalue weighted by Crippen LogP contribution is 2.34. The van der Waals surface area contributed by atoms with Gasteiger partial charge in [0.25, 0.3) is 0 Å². The van der Waals surface area contributed by atoms with Gasteiger partial charge < -0.3 is 25.8 Å². The molecule has 0 unspecified atom stereocenters. The molecule has 5 N–H and O–H groups in total. The minimum atomic E-state index is -1.26. The molecule has 0 bridgehead atoms. The molecule has 4 atom stereocenters. The average molecular weight is 293 g/mol. The number of anilines is 1. The number of allylic oxidation sites excluding steroid dienone is 1. The normalized spacial score (nSPS) is 30.1. The number of nitrogens with two attached hydrogens (primary N) is 1. The van der Waals surface area contributed by atoms with Crippen LogP contribution < -0.4 is 5.73 Å². The van der Waals surface area contributed by atoms with Gasteiger partial charge >= 0.3 is 0 Å². The molecule has 0 radical (unpaired) electrons. The van der Waals surface area contributed by atoms with E-state index in [-0.39, 0.29) is 11.6 Å². The lowest BCUT2D eigenvalue weighted by Gasteiger charge is -2.16. The van der Waals surface area contributed by atoms with Crippen molar-refractivity contribution in [3.63, 3.8) is 0 Å². The standard InChI is InChI=1S/C12H15N5O4/c1-2-5(18)9-7(19)8(20)12(21-9)17-4-16-6-10(13)14-3-15-11(6)17/h2-4,7-9,12,18-20H,1H3,(H2,13,14,15)/t7-,8+,9+,12+/m0/s1. The Kier molecular flexibility index (Phi) is 3.24. The van der Waals surface area contributed by atoms with E-state index in [1.807, 2.05) is 0 Å². The molecule has 2 aromatic heterocycles. The first kappa shape index (κ1) is 13.7. The first-order valence-electron chi connectivity index (χ1n) is 6.34. The van der Waals surface area contributed by atoms with E-state index < -0.39 is 24.5 Å². The summed E-state index contributed by atoms with van der Waals surface area (Å²) in [4.78, 5) is 12.0. The van der Waals surface area contributed by atoms with Crippen molar-refractivity contribution in [3.8, 4) is 0 Å². The van der Waals surface area contributed by atoms with Crippen LogP contribution in [0.15, 0.2) is 24.5 Å². The minimum absolute atomic E-state index is 0.150. The number of nitrogens with zero attached hydrogens (tertiary/aromatic N) is 4. The maximum Gasteiger partial charge on any atom is 0.167 e. The van der Waals surface area contributed by atoms with Gasteiger partial charge in [0.15, 0.2) is 17.7 Å². The molecule has 1 saturated heterocycles. The number of fused-ring (bicyclic) bond motifs is 1. The molecule has 21 heavy (non-hydrogen) atoms. The van der Waals surface area contributed by atoms with E-state index in [1.54, 1.807) is 6.92 Å². The number of aliphatic hydroxyl groups excluding tert-OH is 3. The molecule has 1 aliphatic rings. The lowest BCUT2D eigenvalue weighted by atomic mass is 10.1. The van der Waals surface area contributed by atoms with Crippen LogP contribution in [0.3, 0.4) is 0 Å². The van der Waals surface area contributed by atoms with E-state index in [0.29, 0.717) is 11.2 Å². The van der Waals surface area contributed by atoms with Crippen molar-refractivity contribution in [2.45, 2.75) is 31.5 Å². The first-order valence-corrected chi connectivity index (χ1v) is 6.34. The Bertz CT molecular complexity index is 700. The Hall–Kier alpha value is -2.23. The molecule has 3 heterocycles. The van der Waals surface area contributed by atoms with E-state index in [1.165, 1.54) is 23.3 Å². The quantitative estimate of drug-likeness (QED) is 0.543. The SMILES string of the molecule is CC=C(O)[C@H]1O[C@@H](n2cnc3c(N)ncnc32)[C@H](O)[C@@H]1O. The van der Waals surface area contributed by atoms with Crippen LogP contribution in [0.1, 0.15) is 13.2 Å². The zero-order chi connectivity index (χ0) is 15.1. The van der Waals surface area contributed by atoms with Gasteiger partial charge in [-0.15, -0.1) is 0 Å². The number of aromatic nitrogens is 4. The number of hydrogen-bond donors (Lipinski definition) is 4. The second kappa shape index (κ2) is 4.95. The van der Waals surface area contributed by atoms with Crippen LogP contribution in [0, 0.1) is 0 Å². The van der Waals surface area contributed by atoms with Crippen LogP contribution >= 0.6 is 0 Å². The number of aliphatic hydroxyl groups is 3. The molecule has 9 nitrogen and oxygen atoms in total. The summed E-state index contributed by atoms with van der Waals surface area (Å²) < 4.78 is 6.98. The molecular formula is C12H15N5O4. The summed E-state index contributed by atoms with van der Waals surface area (Å²) in [5, 5.41) is 29.8. The summed E-state index contributed by atoms with van der Waals surface area (Å²) in [5.41, 5.74) is 6.45. The average Bonchev–Trinajstić information content (AvgIpc) is 3.02. The summed E-state index contributed by atoms with van der Waals surface area (Å²) in [6.45, 7) is 1.60. The Balaban J connectivity index is 2.02. The molecule has 0 aromatic carbocycles. The van der Waals surface area contributed by atoms with Crippen molar-refractivity contribution >= 4 is 17.0 Å². The Morgan fingerprint density at radius 1 is 1.33 bits per heavy atom. The maximum atomic E-state index is 10.1. The molecule has 1 fully saturated rings. The van der Waals surface area contributed by atoms with E-state index in [4.69, 9.17) is 10.5 Å². The number of rotatable bonds is 2. The Morgan fingerprint density at radius 2 is 2.10 bits per heavy atom. The Labute approximate surface area is 119 Å². The highest BCUT2D eigenvalue weighted by Gasteiger charge is 2.46. The van der Waals surface area contributed by atoms with Gasteiger partial charge in [0.1, 0.15) is 35.9 Å². The van der Waals surface area contributed by atoms with Crippen molar-refractivity contribution < 1.29 is 20.1 Å². The molecule has 112 valence electrons. The lowest BCUT2D eigenvalue weighted by Crippen LogP contribution is -2.32. The van der Waals surface area contributed by atoms with Crippen LogP contribution in [-0.2, 0) is 4.74 Å². The molecular weight excluding hydrogens is 278 g/mol. The third-order valence-corrected chi connectivity index (χ3v) is 3.49. The molecule has 0 spiro atoms. The molecule has 9 heteroatoms. The smallest absolute Gasteiger partial charge is 0.167 e. The van der Waals surface area contributed by atoms with Crippen molar-refractivity contribution in [3.05, 3.63) is 24.5 Å². The highest BCUT2D eigenvalue weighted by atomic mass is 16.6. The fraction of sp³-hybridized carbons (Fsp3) is 0.417. The van der Waals surface area contributed by atoms with Crippen LogP contribution in [0.2, 0.25) is 0 Å². The van der Waals surface area contributed by atoms with Crippen LogP contribution in [-0.4, -0.2) is 53.2 Å². The topological polar surface area (TPSA) is 140 Å². The van der Waals surface area contributed by atoms with Crippen molar-refractivity contribution in [2.24, 2.45) is 0 Å². The van der Waals surface area contributed by atoms with Gasteiger partial charge in [0, 0.05) is 0 Å². The predicted molar refractivity (Wildman–Crippen MR) is 72.0 cm³/mol. The molecule has 0 saturated carbocycles. The lowest BCUT2D eigenvalue weighted by molar-refractivity contribution is -0.0341. The fourth-order valence-electron chi connectivity index (χ4n) is 2.35. The highest BCUT2D eigenvalue weighted by molar-refractivity contribution is 5.81. The van der Waals surface area contributed by atoms with Gasteiger partial charge in [0.2, 0.25) is 0 Å². The van der Waals surface area contributed by atoms with Gasteiger partial charge in [-0.2, -0.15) is 0 Å². The fourth-order valence-corrected chi connectivity index (χ4v) is 2.35. The summed E-state index contributed by atoms with van der Waals surface area (Å²) in [6, 6.07) is 0. The third-order valence-electron chi connectivity index (χ3n) is 3.49. The molecule has 0 aliphatic carbocycles. The predicted octanol–water partition coefficient (Wildman–Crippen LogP) is -0.511. The third kappa shape index (κ3) is 2.02. The summed E-state index contributed by atoms with van der Waals surface area (Å²) in [5.74, 6) is 0.0576. The summed E-state index contributed by atoms with van der Waals surface area (Å²) in [7, 11) is 0. The second-order valence-electron chi connectivity index (χ2n) is 4.72. The van der Waals surface area contributed by atoms with Gasteiger partial charge in [-0.25, -0.2) is 15.0 Å². The van der Waals surface area contributed by atoms with E-state index in [2.05, 4.69) is 15.0 Å². The number of imidazole rings is 1. The minimum Gasteiger partial charge on any atom is -0.510 e. The zero-order valence-corrected chi connectivity index (χ0v) is 11.2. The monoisotopic (exact) mass is 293 g/mol. The Morgan fingerprint density at radius 3 is 2.81 bits per heavy atom. The van der Waals surface area contributed by atoms with Crippen molar-refractivity contribution in [1.29, 1.82) is 0 Å². The van der Waals surface area contributed by atoms with Crippen molar-refractivity contribution in [2.75, 3.05) is 5.73 Å². The van der Waals surface area contributed by atoms with Crippen LogP contribution in [0.4, 0.5) is 5.82 Å². The van der Waals surface area contributed by atoms with Gasteiger partial charge in [-0.05, 0) is 13.0 Å². The van der Waals surface area contributed by atoms with E-state index in [9.17, 15) is 15.3 Å². The number of nitrogen functional groups attached to an aromatic ring is 1. The van der Waals surface area contributed by atoms with E-state index in [0.717, 1.165) is 0 Å².